The summed E-state index contributed by atoms with van der Waals surface area (Å²) in [6, 6.07) is 4.84. The molecule has 1 aromatic rings. The SMILES string of the molecule is CC(C1=C(F)CCC=C1)N(C)Cc1cc(O)ccc1Cl. The van der Waals surface area contributed by atoms with Crippen LogP contribution in [0.4, 0.5) is 4.39 Å². The van der Waals surface area contributed by atoms with E-state index in [9.17, 15) is 9.50 Å². The average Bonchev–Trinajstić information content (AvgIpc) is 2.42. The summed E-state index contributed by atoms with van der Waals surface area (Å²) in [5, 5.41) is 10.1. The van der Waals surface area contributed by atoms with Gasteiger partial charge in [-0.3, -0.25) is 4.90 Å². The van der Waals surface area contributed by atoms with E-state index < -0.39 is 0 Å². The normalized spacial score (nSPS) is 16.9. The molecule has 0 spiro atoms. The van der Waals surface area contributed by atoms with Gasteiger partial charge in [-0.1, -0.05) is 23.8 Å². The second-order valence-electron chi connectivity index (χ2n) is 5.17. The molecule has 0 radical (unpaired) electrons. The molecule has 2 rings (SSSR count). The van der Waals surface area contributed by atoms with Crippen LogP contribution in [0, 0.1) is 0 Å². The minimum atomic E-state index is -0.0371. The maximum atomic E-state index is 13.9. The fourth-order valence-corrected chi connectivity index (χ4v) is 2.52. The highest BCUT2D eigenvalue weighted by Crippen LogP contribution is 2.27. The van der Waals surface area contributed by atoms with Gasteiger partial charge < -0.3 is 5.11 Å². The number of allylic oxidation sites excluding steroid dienone is 2. The van der Waals surface area contributed by atoms with Crippen LogP contribution in [0.25, 0.3) is 0 Å². The van der Waals surface area contributed by atoms with Crippen molar-refractivity contribution >= 4 is 11.6 Å². The fourth-order valence-electron chi connectivity index (χ4n) is 2.35. The number of rotatable bonds is 4. The van der Waals surface area contributed by atoms with E-state index in [0.29, 0.717) is 18.0 Å². The van der Waals surface area contributed by atoms with Crippen molar-refractivity contribution in [3.63, 3.8) is 0 Å². The van der Waals surface area contributed by atoms with Gasteiger partial charge in [-0.2, -0.15) is 0 Å². The highest BCUT2D eigenvalue weighted by Gasteiger charge is 2.19. The first-order valence-corrected chi connectivity index (χ1v) is 7.09. The third kappa shape index (κ3) is 3.41. The molecule has 0 saturated carbocycles. The minimum Gasteiger partial charge on any atom is -0.508 e. The van der Waals surface area contributed by atoms with Gasteiger partial charge in [-0.25, -0.2) is 4.39 Å². The van der Waals surface area contributed by atoms with E-state index in [1.165, 1.54) is 0 Å². The number of hydrogen-bond acceptors (Lipinski definition) is 2. The molecular formula is C16H19ClFNO. The van der Waals surface area contributed by atoms with Crippen molar-refractivity contribution in [2.45, 2.75) is 32.4 Å². The summed E-state index contributed by atoms with van der Waals surface area (Å²) in [4.78, 5) is 2.02. The maximum absolute atomic E-state index is 13.9. The van der Waals surface area contributed by atoms with Crippen LogP contribution in [0.5, 0.6) is 5.75 Å². The van der Waals surface area contributed by atoms with E-state index in [-0.39, 0.29) is 17.6 Å². The number of likely N-dealkylation sites (N-methyl/N-ethyl adjacent to an activating group) is 1. The van der Waals surface area contributed by atoms with Gasteiger partial charge in [0, 0.05) is 29.6 Å². The molecule has 2 nitrogen and oxygen atoms in total. The van der Waals surface area contributed by atoms with Crippen molar-refractivity contribution in [1.82, 2.24) is 4.90 Å². The number of nitrogens with zero attached hydrogens (tertiary/aromatic N) is 1. The van der Waals surface area contributed by atoms with Crippen molar-refractivity contribution in [2.24, 2.45) is 0 Å². The summed E-state index contributed by atoms with van der Waals surface area (Å²) < 4.78 is 13.9. The topological polar surface area (TPSA) is 23.5 Å². The molecule has 1 aromatic carbocycles. The van der Waals surface area contributed by atoms with Gasteiger partial charge in [0.05, 0.1) is 0 Å². The number of aromatic hydroxyl groups is 1. The van der Waals surface area contributed by atoms with Crippen LogP contribution in [0.15, 0.2) is 41.8 Å². The van der Waals surface area contributed by atoms with Gasteiger partial charge in [-0.15, -0.1) is 0 Å². The molecule has 0 amide bonds. The monoisotopic (exact) mass is 295 g/mol. The van der Waals surface area contributed by atoms with Crippen LogP contribution < -0.4 is 0 Å². The lowest BCUT2D eigenvalue weighted by atomic mass is 9.99. The second-order valence-corrected chi connectivity index (χ2v) is 5.58. The van der Waals surface area contributed by atoms with Crippen LogP contribution in [0.2, 0.25) is 5.02 Å². The molecule has 0 aromatic heterocycles. The molecule has 0 bridgehead atoms. The number of benzene rings is 1. The van der Waals surface area contributed by atoms with Gasteiger partial charge in [0.2, 0.25) is 0 Å². The second kappa shape index (κ2) is 6.42. The Morgan fingerprint density at radius 2 is 2.20 bits per heavy atom. The predicted molar refractivity (Wildman–Crippen MR) is 80.6 cm³/mol. The average molecular weight is 296 g/mol. The van der Waals surface area contributed by atoms with E-state index in [4.69, 9.17) is 11.6 Å². The van der Waals surface area contributed by atoms with Crippen LogP contribution in [-0.2, 0) is 6.54 Å². The van der Waals surface area contributed by atoms with Gasteiger partial charge in [0.15, 0.2) is 0 Å². The van der Waals surface area contributed by atoms with Crippen molar-refractivity contribution in [3.8, 4) is 5.75 Å². The van der Waals surface area contributed by atoms with E-state index >= 15 is 0 Å². The summed E-state index contributed by atoms with van der Waals surface area (Å²) in [6.07, 6.45) is 5.12. The highest BCUT2D eigenvalue weighted by molar-refractivity contribution is 6.31. The number of phenols is 1. The van der Waals surface area contributed by atoms with Gasteiger partial charge in [-0.05, 0) is 44.2 Å². The zero-order valence-corrected chi connectivity index (χ0v) is 12.5. The Labute approximate surface area is 124 Å². The van der Waals surface area contributed by atoms with Crippen molar-refractivity contribution in [1.29, 1.82) is 0 Å². The predicted octanol–water partition coefficient (Wildman–Crippen LogP) is 4.44. The quantitative estimate of drug-likeness (QED) is 0.887. The third-order valence-corrected chi connectivity index (χ3v) is 4.07. The van der Waals surface area contributed by atoms with E-state index in [0.717, 1.165) is 17.6 Å². The summed E-state index contributed by atoms with van der Waals surface area (Å²) in [5.74, 6) is 0.155. The van der Waals surface area contributed by atoms with Gasteiger partial charge >= 0.3 is 0 Å². The zero-order valence-electron chi connectivity index (χ0n) is 11.7. The zero-order chi connectivity index (χ0) is 14.7. The first-order chi connectivity index (χ1) is 9.49. The Bertz CT molecular complexity index is 553. The molecular weight excluding hydrogens is 277 g/mol. The van der Waals surface area contributed by atoms with E-state index in [1.807, 2.05) is 31.0 Å². The highest BCUT2D eigenvalue weighted by atomic mass is 35.5. The Hall–Kier alpha value is -1.32. The third-order valence-electron chi connectivity index (χ3n) is 3.70. The first kappa shape index (κ1) is 15.1. The Balaban J connectivity index is 2.13. The number of phenolic OH excluding ortho intramolecular Hbond substituents is 1. The lowest BCUT2D eigenvalue weighted by Gasteiger charge is -2.27. The van der Waals surface area contributed by atoms with Crippen molar-refractivity contribution < 1.29 is 9.50 Å². The maximum Gasteiger partial charge on any atom is 0.116 e. The molecule has 108 valence electrons. The van der Waals surface area contributed by atoms with Gasteiger partial charge in [0.25, 0.3) is 0 Å². The summed E-state index contributed by atoms with van der Waals surface area (Å²) in [5.41, 5.74) is 1.57. The molecule has 0 heterocycles. The molecule has 1 atom stereocenters. The van der Waals surface area contributed by atoms with Crippen LogP contribution >= 0.6 is 11.6 Å². The van der Waals surface area contributed by atoms with Crippen LogP contribution in [-0.4, -0.2) is 23.1 Å². The molecule has 0 saturated heterocycles. The molecule has 1 aliphatic carbocycles. The summed E-state index contributed by atoms with van der Waals surface area (Å²) in [7, 11) is 1.92. The number of hydrogen-bond donors (Lipinski definition) is 1. The van der Waals surface area contributed by atoms with Crippen molar-refractivity contribution in [2.75, 3.05) is 7.05 Å². The first-order valence-electron chi connectivity index (χ1n) is 6.71. The molecule has 0 fully saturated rings. The minimum absolute atomic E-state index is 0.0335. The molecule has 4 heteroatoms. The Kier molecular flexibility index (Phi) is 4.84. The standard InChI is InChI=1S/C16H19ClFNO/c1-11(14-5-3-4-6-16(14)18)19(2)10-12-9-13(20)7-8-15(12)17/h3,5,7-9,11,20H,4,6,10H2,1-2H3. The smallest absolute Gasteiger partial charge is 0.116 e. The van der Waals surface area contributed by atoms with E-state index in [2.05, 4.69) is 0 Å². The Morgan fingerprint density at radius 1 is 1.45 bits per heavy atom. The fraction of sp³-hybridized carbons (Fsp3) is 0.375. The molecule has 1 unspecified atom stereocenters. The molecule has 1 N–H and O–H groups in total. The summed E-state index contributed by atoms with van der Waals surface area (Å²) >= 11 is 6.12. The molecule has 1 aliphatic rings. The Morgan fingerprint density at radius 3 is 2.90 bits per heavy atom. The molecule has 20 heavy (non-hydrogen) atoms. The largest absolute Gasteiger partial charge is 0.508 e. The van der Waals surface area contributed by atoms with E-state index in [1.54, 1.807) is 18.2 Å². The van der Waals surface area contributed by atoms with Crippen LogP contribution in [0.3, 0.4) is 0 Å². The van der Waals surface area contributed by atoms with Crippen molar-refractivity contribution in [3.05, 3.63) is 52.3 Å². The number of halogens is 2. The van der Waals surface area contributed by atoms with Gasteiger partial charge in [0.1, 0.15) is 11.6 Å². The van der Waals surface area contributed by atoms with Crippen LogP contribution in [0.1, 0.15) is 25.3 Å². The summed E-state index contributed by atoms with van der Waals surface area (Å²) in [6.45, 7) is 2.53. The lowest BCUT2D eigenvalue weighted by Crippen LogP contribution is -2.30. The molecule has 0 aliphatic heterocycles. The lowest BCUT2D eigenvalue weighted by molar-refractivity contribution is 0.276.